The van der Waals surface area contributed by atoms with Gasteiger partial charge in [0.2, 0.25) is 0 Å². The summed E-state index contributed by atoms with van der Waals surface area (Å²) in [6.07, 6.45) is 3.04. The Morgan fingerprint density at radius 3 is 2.62 bits per heavy atom. The first kappa shape index (κ1) is 24.8. The second-order valence-electron chi connectivity index (χ2n) is 10.2. The maximum absolute atomic E-state index is 12.5. The van der Waals surface area contributed by atoms with E-state index >= 15 is 0 Å². The van der Waals surface area contributed by atoms with E-state index in [1.54, 1.807) is 30.3 Å². The lowest BCUT2D eigenvalue weighted by Gasteiger charge is -2.38. The number of hydrogen-bond acceptors (Lipinski definition) is 9. The Balaban J connectivity index is 1.43. The molecule has 2 aliphatic rings. The van der Waals surface area contributed by atoms with Crippen LogP contribution in [0.1, 0.15) is 50.6 Å². The number of ether oxygens (including phenoxy) is 2. The maximum Gasteiger partial charge on any atom is 0.410 e. The van der Waals surface area contributed by atoms with Crippen molar-refractivity contribution in [3.05, 3.63) is 47.3 Å². The van der Waals surface area contributed by atoms with Crippen LogP contribution in [0.4, 0.5) is 10.6 Å². The highest BCUT2D eigenvalue weighted by molar-refractivity contribution is 5.95. The van der Waals surface area contributed by atoms with Crippen molar-refractivity contribution < 1.29 is 23.8 Å². The molecule has 5 rings (SSSR count). The number of benzene rings is 1. The summed E-state index contributed by atoms with van der Waals surface area (Å²) in [5.41, 5.74) is 2.19. The molecule has 2 aromatic heterocycles. The van der Waals surface area contributed by atoms with E-state index < -0.39 is 5.60 Å². The van der Waals surface area contributed by atoms with Crippen molar-refractivity contribution in [2.45, 2.75) is 39.3 Å². The quantitative estimate of drug-likeness (QED) is 0.480. The average Bonchev–Trinajstić information content (AvgIpc) is 3.43. The van der Waals surface area contributed by atoms with Gasteiger partial charge in [0.05, 0.1) is 18.1 Å². The van der Waals surface area contributed by atoms with Crippen molar-refractivity contribution in [2.75, 3.05) is 33.3 Å². The largest absolute Gasteiger partial charge is 0.504 e. The first-order valence-corrected chi connectivity index (χ1v) is 12.3. The molecule has 10 nitrogen and oxygen atoms in total. The molecule has 194 valence electrons. The number of furan rings is 1. The molecular weight excluding hydrogens is 474 g/mol. The smallest absolute Gasteiger partial charge is 0.410 e. The molecule has 1 saturated heterocycles. The summed E-state index contributed by atoms with van der Waals surface area (Å²) in [7, 11) is 1.62. The van der Waals surface area contributed by atoms with Crippen LogP contribution in [-0.4, -0.2) is 64.9 Å². The minimum atomic E-state index is -0.530. The molecule has 4 heterocycles. The zero-order chi connectivity index (χ0) is 26.3. The lowest BCUT2D eigenvalue weighted by molar-refractivity contribution is 0.0109. The number of rotatable bonds is 4. The number of azo groups is 1. The van der Waals surface area contributed by atoms with E-state index in [1.807, 2.05) is 39.0 Å². The normalized spacial score (nSPS) is 17.9. The van der Waals surface area contributed by atoms with E-state index in [4.69, 9.17) is 13.9 Å². The average molecular weight is 506 g/mol. The SMILES string of the molecule is COc1ccc2c(O)c(C=C3N=Nc4ncccc43)oc2c1C(C)N1CCN(C(=O)OC(C)(C)C)CC1. The van der Waals surface area contributed by atoms with E-state index in [0.717, 1.165) is 11.1 Å². The van der Waals surface area contributed by atoms with E-state index in [2.05, 4.69) is 27.0 Å². The lowest BCUT2D eigenvalue weighted by atomic mass is 10.0. The molecule has 0 aliphatic carbocycles. The van der Waals surface area contributed by atoms with Crippen molar-refractivity contribution in [2.24, 2.45) is 10.2 Å². The van der Waals surface area contributed by atoms with Crippen LogP contribution in [0.5, 0.6) is 11.5 Å². The molecule has 0 spiro atoms. The van der Waals surface area contributed by atoms with Crippen LogP contribution in [0, 0.1) is 0 Å². The number of methoxy groups -OCH3 is 1. The minimum Gasteiger partial charge on any atom is -0.504 e. The van der Waals surface area contributed by atoms with Crippen molar-refractivity contribution >= 4 is 34.7 Å². The third kappa shape index (κ3) is 4.76. The zero-order valence-electron chi connectivity index (χ0n) is 21.7. The summed E-state index contributed by atoms with van der Waals surface area (Å²) in [4.78, 5) is 20.7. The molecule has 0 saturated carbocycles. The fourth-order valence-electron chi connectivity index (χ4n) is 4.70. The number of hydrogen-bond donors (Lipinski definition) is 1. The van der Waals surface area contributed by atoms with Gasteiger partial charge in [-0.2, -0.15) is 0 Å². The van der Waals surface area contributed by atoms with Gasteiger partial charge in [-0.3, -0.25) is 4.90 Å². The number of aromatic nitrogens is 1. The van der Waals surface area contributed by atoms with Gasteiger partial charge in [-0.05, 0) is 52.0 Å². The summed E-state index contributed by atoms with van der Waals surface area (Å²) in [6, 6.07) is 7.22. The number of pyridine rings is 1. The summed E-state index contributed by atoms with van der Waals surface area (Å²) in [5.74, 6) is 1.52. The molecule has 10 heteroatoms. The summed E-state index contributed by atoms with van der Waals surface area (Å²) < 4.78 is 17.5. The van der Waals surface area contributed by atoms with Gasteiger partial charge in [0.15, 0.2) is 17.3 Å². The first-order chi connectivity index (χ1) is 17.7. The molecular formula is C27H31N5O5. The molecule has 3 aromatic rings. The fourth-order valence-corrected chi connectivity index (χ4v) is 4.70. The highest BCUT2D eigenvalue weighted by Gasteiger charge is 2.31. The van der Waals surface area contributed by atoms with Crippen LogP contribution >= 0.6 is 0 Å². The Kier molecular flexibility index (Phi) is 6.36. The molecule has 0 radical (unpaired) electrons. The monoisotopic (exact) mass is 505 g/mol. The number of nitrogens with zero attached hydrogens (tertiary/aromatic N) is 5. The van der Waals surface area contributed by atoms with E-state index in [-0.39, 0.29) is 23.6 Å². The second kappa shape index (κ2) is 9.51. The Hall–Kier alpha value is -3.92. The molecule has 1 amide bonds. The van der Waals surface area contributed by atoms with E-state index in [9.17, 15) is 9.90 Å². The van der Waals surface area contributed by atoms with Crippen molar-refractivity contribution in [1.29, 1.82) is 0 Å². The molecule has 37 heavy (non-hydrogen) atoms. The molecule has 2 aliphatic heterocycles. The predicted molar refractivity (Wildman–Crippen MR) is 139 cm³/mol. The Labute approximate surface area is 215 Å². The number of carbonyl (C=O) groups is 1. The number of fused-ring (bicyclic) bond motifs is 2. The van der Waals surface area contributed by atoms with Crippen LogP contribution in [0.15, 0.2) is 45.1 Å². The van der Waals surface area contributed by atoms with Gasteiger partial charge in [-0.15, -0.1) is 10.2 Å². The fraction of sp³-hybridized carbons (Fsp3) is 0.407. The highest BCUT2D eigenvalue weighted by Crippen LogP contribution is 2.44. The molecule has 1 fully saturated rings. The van der Waals surface area contributed by atoms with Crippen LogP contribution in [0.25, 0.3) is 22.7 Å². The van der Waals surface area contributed by atoms with Crippen LogP contribution < -0.4 is 4.74 Å². The number of amides is 1. The van der Waals surface area contributed by atoms with Gasteiger partial charge in [0, 0.05) is 50.1 Å². The third-order valence-electron chi connectivity index (χ3n) is 6.59. The van der Waals surface area contributed by atoms with Gasteiger partial charge < -0.3 is 23.9 Å². The molecule has 1 N–H and O–H groups in total. The summed E-state index contributed by atoms with van der Waals surface area (Å²) in [6.45, 7) is 10.1. The van der Waals surface area contributed by atoms with Gasteiger partial charge in [-0.25, -0.2) is 9.78 Å². The first-order valence-electron chi connectivity index (χ1n) is 12.3. The molecule has 0 bridgehead atoms. The Bertz CT molecular complexity index is 1400. The van der Waals surface area contributed by atoms with E-state index in [0.29, 0.717) is 54.4 Å². The summed E-state index contributed by atoms with van der Waals surface area (Å²) in [5, 5.41) is 19.9. The van der Waals surface area contributed by atoms with Crippen molar-refractivity contribution in [3.63, 3.8) is 0 Å². The van der Waals surface area contributed by atoms with E-state index in [1.165, 1.54) is 0 Å². The Morgan fingerprint density at radius 2 is 1.92 bits per heavy atom. The molecule has 1 unspecified atom stereocenters. The van der Waals surface area contributed by atoms with Crippen molar-refractivity contribution in [3.8, 4) is 11.5 Å². The number of piperazine rings is 1. The second-order valence-corrected chi connectivity index (χ2v) is 10.2. The minimum absolute atomic E-state index is 0.0286. The number of aromatic hydroxyl groups is 1. The predicted octanol–water partition coefficient (Wildman–Crippen LogP) is 5.75. The maximum atomic E-state index is 12.5. The van der Waals surface area contributed by atoms with Gasteiger partial charge in [0.25, 0.3) is 0 Å². The third-order valence-corrected chi connectivity index (χ3v) is 6.59. The molecule has 1 aromatic carbocycles. The highest BCUT2D eigenvalue weighted by atomic mass is 16.6. The zero-order valence-corrected chi connectivity index (χ0v) is 21.7. The topological polar surface area (TPSA) is 113 Å². The number of carbonyl (C=O) groups excluding carboxylic acids is 1. The van der Waals surface area contributed by atoms with Gasteiger partial charge in [-0.1, -0.05) is 0 Å². The molecule has 1 atom stereocenters. The van der Waals surface area contributed by atoms with Crippen LogP contribution in [0.2, 0.25) is 0 Å². The van der Waals surface area contributed by atoms with Crippen LogP contribution in [-0.2, 0) is 4.74 Å². The van der Waals surface area contributed by atoms with Gasteiger partial charge >= 0.3 is 6.09 Å². The Morgan fingerprint density at radius 1 is 1.16 bits per heavy atom. The van der Waals surface area contributed by atoms with Gasteiger partial charge in [0.1, 0.15) is 22.6 Å². The standard InChI is InChI=1S/C27H31N5O5/c1-16(31-11-13-32(14-12-31)26(34)37-27(2,3)4)22-20(35-5)9-8-18-23(33)21(36-24(18)22)15-19-17-7-6-10-28-25(17)30-29-19/h6-10,15-16,33H,11-14H2,1-5H3. The van der Waals surface area contributed by atoms with Crippen molar-refractivity contribution in [1.82, 2.24) is 14.8 Å². The summed E-state index contributed by atoms with van der Waals surface area (Å²) >= 11 is 0. The van der Waals surface area contributed by atoms with Crippen LogP contribution in [0.3, 0.4) is 0 Å². The lowest BCUT2D eigenvalue weighted by Crippen LogP contribution is -2.50.